The number of halogens is 1. The van der Waals surface area contributed by atoms with Gasteiger partial charge in [-0.1, -0.05) is 28.9 Å². The second kappa shape index (κ2) is 8.09. The number of anilines is 1. The summed E-state index contributed by atoms with van der Waals surface area (Å²) in [5.74, 6) is 1.39. The van der Waals surface area contributed by atoms with E-state index in [1.165, 1.54) is 0 Å². The van der Waals surface area contributed by atoms with Gasteiger partial charge in [-0.2, -0.15) is 9.97 Å². The third kappa shape index (κ3) is 4.01. The fraction of sp³-hybridized carbons (Fsp3) is 0.286. The van der Waals surface area contributed by atoms with E-state index < -0.39 is 0 Å². The van der Waals surface area contributed by atoms with E-state index in [2.05, 4.69) is 30.4 Å². The van der Waals surface area contributed by atoms with E-state index in [9.17, 15) is 4.79 Å². The number of benzene rings is 1. The minimum Gasteiger partial charge on any atom is -0.381 e. The first-order valence-corrected chi connectivity index (χ1v) is 10.3. The first kappa shape index (κ1) is 19.7. The summed E-state index contributed by atoms with van der Waals surface area (Å²) in [4.78, 5) is 28.7. The average molecular weight is 439 g/mol. The molecule has 10 heteroatoms. The maximum atomic E-state index is 12.8. The first-order chi connectivity index (χ1) is 15.1. The largest absolute Gasteiger partial charge is 0.381 e. The molecule has 1 fully saturated rings. The second-order valence-electron chi connectivity index (χ2n) is 7.37. The van der Waals surface area contributed by atoms with Crippen LogP contribution in [-0.2, 0) is 4.74 Å². The Hall–Kier alpha value is -3.30. The van der Waals surface area contributed by atoms with Crippen molar-refractivity contribution in [1.29, 1.82) is 0 Å². The summed E-state index contributed by atoms with van der Waals surface area (Å²) in [5.41, 5.74) is 1.91. The van der Waals surface area contributed by atoms with Crippen LogP contribution in [0.25, 0.3) is 33.5 Å². The van der Waals surface area contributed by atoms with Gasteiger partial charge in [0, 0.05) is 59.5 Å². The fourth-order valence-corrected chi connectivity index (χ4v) is 3.86. The molecule has 0 atom stereocenters. The number of rotatable bonds is 4. The standard InChI is InChI=1S/C21H19ClN6O3/c1-11-24-19(28-31-11)12-2-3-15(17(22)9-12)16-8-13-10-23-21(27-18(13)26-20(16)29)25-14-4-6-30-7-5-14/h2-3,8-10,14H,4-7H2,1H3,(H2,23,25,26,27,29). The molecule has 4 heterocycles. The van der Waals surface area contributed by atoms with Gasteiger partial charge in [0.2, 0.25) is 17.7 Å². The van der Waals surface area contributed by atoms with Crippen molar-refractivity contribution in [1.82, 2.24) is 25.1 Å². The number of pyridine rings is 1. The number of ether oxygens (including phenoxy) is 1. The van der Waals surface area contributed by atoms with Crippen molar-refractivity contribution in [2.24, 2.45) is 0 Å². The molecule has 4 aromatic rings. The zero-order valence-electron chi connectivity index (χ0n) is 16.7. The Kier molecular flexibility index (Phi) is 5.13. The Bertz CT molecular complexity index is 1310. The Labute approximate surface area is 181 Å². The van der Waals surface area contributed by atoms with Gasteiger partial charge in [-0.3, -0.25) is 4.79 Å². The van der Waals surface area contributed by atoms with Crippen LogP contribution in [0.4, 0.5) is 5.95 Å². The highest BCUT2D eigenvalue weighted by molar-refractivity contribution is 6.33. The van der Waals surface area contributed by atoms with Gasteiger partial charge in [-0.05, 0) is 25.0 Å². The van der Waals surface area contributed by atoms with Gasteiger partial charge in [0.15, 0.2) is 0 Å². The van der Waals surface area contributed by atoms with Gasteiger partial charge in [-0.15, -0.1) is 0 Å². The van der Waals surface area contributed by atoms with Crippen LogP contribution in [0.3, 0.4) is 0 Å². The highest BCUT2D eigenvalue weighted by Gasteiger charge is 2.16. The number of aromatic nitrogens is 5. The van der Waals surface area contributed by atoms with Crippen molar-refractivity contribution in [3.8, 4) is 22.5 Å². The molecule has 0 radical (unpaired) electrons. The predicted molar refractivity (Wildman–Crippen MR) is 116 cm³/mol. The van der Waals surface area contributed by atoms with E-state index in [0.29, 0.717) is 50.4 Å². The molecule has 3 aromatic heterocycles. The molecule has 0 amide bonds. The molecular formula is C21H19ClN6O3. The Balaban J connectivity index is 1.46. The smallest absolute Gasteiger partial charge is 0.257 e. The lowest BCUT2D eigenvalue weighted by molar-refractivity contribution is 0.0903. The zero-order valence-corrected chi connectivity index (χ0v) is 17.4. The van der Waals surface area contributed by atoms with Crippen LogP contribution in [0.5, 0.6) is 0 Å². The molecule has 1 aromatic carbocycles. The maximum Gasteiger partial charge on any atom is 0.257 e. The van der Waals surface area contributed by atoms with Crippen LogP contribution in [0.2, 0.25) is 5.02 Å². The molecule has 0 aliphatic carbocycles. The quantitative estimate of drug-likeness (QED) is 0.496. The molecule has 1 saturated heterocycles. The summed E-state index contributed by atoms with van der Waals surface area (Å²) in [6.45, 7) is 3.16. The lowest BCUT2D eigenvalue weighted by atomic mass is 10.0. The zero-order chi connectivity index (χ0) is 21.4. The summed E-state index contributed by atoms with van der Waals surface area (Å²) < 4.78 is 10.4. The molecule has 31 heavy (non-hydrogen) atoms. The molecule has 0 spiro atoms. The summed E-state index contributed by atoms with van der Waals surface area (Å²) in [5, 5.41) is 8.32. The number of nitrogens with zero attached hydrogens (tertiary/aromatic N) is 4. The summed E-state index contributed by atoms with van der Waals surface area (Å²) >= 11 is 6.49. The molecule has 0 bridgehead atoms. The number of aryl methyl sites for hydroxylation is 1. The van der Waals surface area contributed by atoms with Crippen LogP contribution < -0.4 is 10.9 Å². The molecule has 1 aliphatic rings. The van der Waals surface area contributed by atoms with Crippen molar-refractivity contribution in [3.05, 3.63) is 51.7 Å². The molecule has 0 saturated carbocycles. The molecule has 9 nitrogen and oxygen atoms in total. The third-order valence-corrected chi connectivity index (χ3v) is 5.51. The topological polar surface area (TPSA) is 119 Å². The van der Waals surface area contributed by atoms with E-state index in [0.717, 1.165) is 26.1 Å². The molecule has 158 valence electrons. The summed E-state index contributed by atoms with van der Waals surface area (Å²) in [6, 6.07) is 7.28. The van der Waals surface area contributed by atoms with Gasteiger partial charge in [0.05, 0.1) is 0 Å². The maximum absolute atomic E-state index is 12.8. The SMILES string of the molecule is Cc1nc(-c2ccc(-c3cc4cnc(NC5CCOCC5)nc4[nH]c3=O)c(Cl)c2)no1. The number of hydrogen-bond donors (Lipinski definition) is 2. The first-order valence-electron chi connectivity index (χ1n) is 9.92. The minimum absolute atomic E-state index is 0.262. The highest BCUT2D eigenvalue weighted by Crippen LogP contribution is 2.30. The number of hydrogen-bond acceptors (Lipinski definition) is 8. The van der Waals surface area contributed by atoms with Gasteiger partial charge in [-0.25, -0.2) is 4.98 Å². The van der Waals surface area contributed by atoms with E-state index in [-0.39, 0.29) is 11.6 Å². The monoisotopic (exact) mass is 438 g/mol. The van der Waals surface area contributed by atoms with Crippen LogP contribution in [0.15, 0.2) is 39.8 Å². The van der Waals surface area contributed by atoms with Crippen LogP contribution in [0, 0.1) is 6.92 Å². The van der Waals surface area contributed by atoms with Crippen molar-refractivity contribution < 1.29 is 9.26 Å². The van der Waals surface area contributed by atoms with Gasteiger partial charge >= 0.3 is 0 Å². The number of H-pyrrole nitrogens is 1. The van der Waals surface area contributed by atoms with E-state index in [1.807, 2.05) is 0 Å². The molecular weight excluding hydrogens is 420 g/mol. The highest BCUT2D eigenvalue weighted by atomic mass is 35.5. The van der Waals surface area contributed by atoms with E-state index >= 15 is 0 Å². The van der Waals surface area contributed by atoms with Crippen molar-refractivity contribution >= 4 is 28.6 Å². The van der Waals surface area contributed by atoms with Crippen molar-refractivity contribution in [2.45, 2.75) is 25.8 Å². The molecule has 1 aliphatic heterocycles. The van der Waals surface area contributed by atoms with Gasteiger partial charge in [0.25, 0.3) is 5.56 Å². The van der Waals surface area contributed by atoms with Crippen molar-refractivity contribution in [3.63, 3.8) is 0 Å². The average Bonchev–Trinajstić information content (AvgIpc) is 3.20. The lowest BCUT2D eigenvalue weighted by Crippen LogP contribution is -2.28. The Morgan fingerprint density at radius 2 is 2.00 bits per heavy atom. The molecule has 5 rings (SSSR count). The molecule has 0 unspecified atom stereocenters. The van der Waals surface area contributed by atoms with Crippen LogP contribution in [-0.4, -0.2) is 44.3 Å². The normalized spacial score (nSPS) is 14.8. The van der Waals surface area contributed by atoms with Gasteiger partial charge < -0.3 is 19.6 Å². The van der Waals surface area contributed by atoms with Crippen molar-refractivity contribution in [2.75, 3.05) is 18.5 Å². The third-order valence-electron chi connectivity index (χ3n) is 5.19. The fourth-order valence-electron chi connectivity index (χ4n) is 3.58. The van der Waals surface area contributed by atoms with Crippen LogP contribution in [0.1, 0.15) is 18.7 Å². The number of nitrogens with one attached hydrogen (secondary N) is 2. The second-order valence-corrected chi connectivity index (χ2v) is 7.78. The Morgan fingerprint density at radius 1 is 1.16 bits per heavy atom. The summed E-state index contributed by atoms with van der Waals surface area (Å²) in [6.07, 6.45) is 3.48. The number of fused-ring (bicyclic) bond motifs is 1. The van der Waals surface area contributed by atoms with E-state index in [1.54, 1.807) is 37.4 Å². The Morgan fingerprint density at radius 3 is 2.74 bits per heavy atom. The van der Waals surface area contributed by atoms with E-state index in [4.69, 9.17) is 20.9 Å². The molecule has 2 N–H and O–H groups in total. The lowest BCUT2D eigenvalue weighted by Gasteiger charge is -2.23. The minimum atomic E-state index is -0.284. The summed E-state index contributed by atoms with van der Waals surface area (Å²) in [7, 11) is 0. The van der Waals surface area contributed by atoms with Crippen LogP contribution >= 0.6 is 11.6 Å². The predicted octanol–water partition coefficient (Wildman–Crippen LogP) is 3.59. The van der Waals surface area contributed by atoms with Gasteiger partial charge in [0.1, 0.15) is 5.65 Å². The number of aromatic amines is 1.